The van der Waals surface area contributed by atoms with Crippen LogP contribution in [0.3, 0.4) is 0 Å². The molecule has 0 fully saturated rings. The maximum atomic E-state index is 6.86. The van der Waals surface area contributed by atoms with Crippen molar-refractivity contribution in [3.05, 3.63) is 146 Å². The molecule has 11 rings (SSSR count). The van der Waals surface area contributed by atoms with Crippen molar-refractivity contribution in [2.24, 2.45) is 0 Å². The summed E-state index contributed by atoms with van der Waals surface area (Å²) in [6.07, 6.45) is 0. The number of anilines is 10. The van der Waals surface area contributed by atoms with E-state index in [2.05, 4.69) is 179 Å². The molecule has 2 aliphatic heterocycles. The average Bonchev–Trinajstić information content (AvgIpc) is 3.72. The molecule has 238 valence electrons. The summed E-state index contributed by atoms with van der Waals surface area (Å²) >= 11 is 0. The van der Waals surface area contributed by atoms with Crippen molar-refractivity contribution in [2.45, 2.75) is 0 Å². The highest BCUT2D eigenvalue weighted by Crippen LogP contribution is 2.54. The lowest BCUT2D eigenvalue weighted by Crippen LogP contribution is -2.23. The minimum atomic E-state index is 0.832. The first-order valence-electron chi connectivity index (χ1n) is 16.9. The van der Waals surface area contributed by atoms with E-state index in [0.29, 0.717) is 0 Å². The molecule has 9 aromatic rings. The molecule has 6 nitrogen and oxygen atoms in total. The van der Waals surface area contributed by atoms with Crippen molar-refractivity contribution >= 4 is 101 Å². The van der Waals surface area contributed by atoms with E-state index in [4.69, 9.17) is 8.83 Å². The standard InChI is InChI=1S/C44H30N4O2/c1-45-31-15-3-7-19-35(31)47(36-20-8-4-16-32(36)45)39-23-11-13-27-29-25-42-30(26-41(29)49-43(27)39)28-14-12-24-40(44(28)50-42)48-37-21-9-5-17-33(37)46(2)34-18-6-10-22-38(34)48/h3-26H,1-2H3. The highest BCUT2D eigenvalue weighted by Gasteiger charge is 2.31. The van der Waals surface area contributed by atoms with E-state index in [1.807, 2.05) is 0 Å². The molecular formula is C44H30N4O2. The smallest absolute Gasteiger partial charge is 0.159 e. The first-order chi connectivity index (χ1) is 24.7. The summed E-state index contributed by atoms with van der Waals surface area (Å²) < 4.78 is 13.7. The largest absolute Gasteiger partial charge is 0.454 e. The fourth-order valence-corrected chi connectivity index (χ4v) is 8.20. The fraction of sp³-hybridized carbons (Fsp3) is 0.0455. The molecule has 4 heterocycles. The van der Waals surface area contributed by atoms with Crippen molar-refractivity contribution in [3.8, 4) is 0 Å². The summed E-state index contributed by atoms with van der Waals surface area (Å²) in [5.74, 6) is 0. The predicted molar refractivity (Wildman–Crippen MR) is 206 cm³/mol. The summed E-state index contributed by atoms with van der Waals surface area (Å²) in [4.78, 5) is 9.17. The van der Waals surface area contributed by atoms with Crippen LogP contribution in [0.2, 0.25) is 0 Å². The lowest BCUT2D eigenvalue weighted by Gasteiger charge is -2.38. The van der Waals surface area contributed by atoms with Gasteiger partial charge in [0.15, 0.2) is 11.2 Å². The van der Waals surface area contributed by atoms with Crippen LogP contribution in [-0.4, -0.2) is 14.1 Å². The number of furan rings is 2. The van der Waals surface area contributed by atoms with Gasteiger partial charge in [-0.15, -0.1) is 0 Å². The summed E-state index contributed by atoms with van der Waals surface area (Å²) in [7, 11) is 4.26. The Morgan fingerprint density at radius 2 is 0.620 bits per heavy atom. The van der Waals surface area contributed by atoms with E-state index < -0.39 is 0 Å². The van der Waals surface area contributed by atoms with Gasteiger partial charge < -0.3 is 28.4 Å². The van der Waals surface area contributed by atoms with Gasteiger partial charge in [-0.25, -0.2) is 0 Å². The molecular weight excluding hydrogens is 617 g/mol. The molecule has 0 bridgehead atoms. The number of nitrogens with zero attached hydrogens (tertiary/aromatic N) is 4. The van der Waals surface area contributed by atoms with Crippen LogP contribution >= 0.6 is 0 Å². The Labute approximate surface area is 288 Å². The Hall–Kier alpha value is -6.66. The second-order valence-electron chi connectivity index (χ2n) is 13.1. The zero-order valence-electron chi connectivity index (χ0n) is 27.5. The van der Waals surface area contributed by atoms with E-state index in [-0.39, 0.29) is 0 Å². The zero-order chi connectivity index (χ0) is 33.1. The molecule has 2 aromatic heterocycles. The van der Waals surface area contributed by atoms with Gasteiger partial charge in [0.1, 0.15) is 11.2 Å². The van der Waals surface area contributed by atoms with Crippen molar-refractivity contribution in [2.75, 3.05) is 33.7 Å². The maximum Gasteiger partial charge on any atom is 0.159 e. The van der Waals surface area contributed by atoms with Gasteiger partial charge in [0.2, 0.25) is 0 Å². The van der Waals surface area contributed by atoms with Gasteiger partial charge in [-0.1, -0.05) is 72.8 Å². The summed E-state index contributed by atoms with van der Waals surface area (Å²) in [5.41, 5.74) is 14.4. The van der Waals surface area contributed by atoms with Crippen LogP contribution in [0, 0.1) is 0 Å². The van der Waals surface area contributed by atoms with E-state index >= 15 is 0 Å². The predicted octanol–water partition coefficient (Wildman–Crippen LogP) is 12.6. The molecule has 0 amide bonds. The van der Waals surface area contributed by atoms with Crippen LogP contribution in [0.15, 0.2) is 154 Å². The van der Waals surface area contributed by atoms with E-state index in [0.717, 1.165) is 101 Å². The van der Waals surface area contributed by atoms with Crippen molar-refractivity contribution in [1.29, 1.82) is 0 Å². The van der Waals surface area contributed by atoms with Crippen LogP contribution in [0.4, 0.5) is 56.9 Å². The number of benzene rings is 7. The Morgan fingerprint density at radius 3 is 0.960 bits per heavy atom. The molecule has 0 atom stereocenters. The Morgan fingerprint density at radius 1 is 0.320 bits per heavy atom. The van der Waals surface area contributed by atoms with Gasteiger partial charge in [0.25, 0.3) is 0 Å². The zero-order valence-corrected chi connectivity index (χ0v) is 27.5. The third-order valence-corrected chi connectivity index (χ3v) is 10.5. The normalized spacial score (nSPS) is 13.6. The maximum absolute atomic E-state index is 6.86. The van der Waals surface area contributed by atoms with Crippen LogP contribution in [0.1, 0.15) is 0 Å². The molecule has 0 N–H and O–H groups in total. The summed E-state index contributed by atoms with van der Waals surface area (Å²) in [6.45, 7) is 0. The molecule has 2 aliphatic rings. The molecule has 0 radical (unpaired) electrons. The SMILES string of the molecule is CN1c2ccccc2N(c2cccc3c2oc2cc4c(cc23)oc2c(N3c5ccccc5N(C)c5ccccc53)cccc24)c2ccccc21. The van der Waals surface area contributed by atoms with Crippen LogP contribution < -0.4 is 19.6 Å². The number of para-hydroxylation sites is 10. The van der Waals surface area contributed by atoms with E-state index in [1.54, 1.807) is 0 Å². The Balaban J connectivity index is 1.12. The van der Waals surface area contributed by atoms with Gasteiger partial charge >= 0.3 is 0 Å². The molecule has 0 saturated carbocycles. The summed E-state index contributed by atoms with van der Waals surface area (Å²) in [5, 5.41) is 4.16. The number of rotatable bonds is 2. The highest BCUT2D eigenvalue weighted by molar-refractivity contribution is 6.19. The monoisotopic (exact) mass is 646 g/mol. The molecule has 0 unspecified atom stereocenters. The quantitative estimate of drug-likeness (QED) is 0.186. The second kappa shape index (κ2) is 9.94. The van der Waals surface area contributed by atoms with Crippen LogP contribution in [-0.2, 0) is 0 Å². The number of hydrogen-bond donors (Lipinski definition) is 0. The Kier molecular flexibility index (Phi) is 5.43. The molecule has 6 heteroatoms. The third kappa shape index (κ3) is 3.57. The summed E-state index contributed by atoms with van der Waals surface area (Å²) in [6, 6.07) is 51.3. The lowest BCUT2D eigenvalue weighted by molar-refractivity contribution is 0.664. The van der Waals surface area contributed by atoms with Gasteiger partial charge in [0.05, 0.1) is 56.9 Å². The fourth-order valence-electron chi connectivity index (χ4n) is 8.20. The minimum Gasteiger partial charge on any atom is -0.454 e. The second-order valence-corrected chi connectivity index (χ2v) is 13.1. The van der Waals surface area contributed by atoms with E-state index in [9.17, 15) is 0 Å². The van der Waals surface area contributed by atoms with E-state index in [1.165, 1.54) is 0 Å². The van der Waals surface area contributed by atoms with Crippen molar-refractivity contribution < 1.29 is 8.83 Å². The highest BCUT2D eigenvalue weighted by atomic mass is 16.3. The lowest BCUT2D eigenvalue weighted by atomic mass is 10.0. The topological polar surface area (TPSA) is 39.2 Å². The molecule has 0 spiro atoms. The minimum absolute atomic E-state index is 0.832. The van der Waals surface area contributed by atoms with Gasteiger partial charge in [-0.2, -0.15) is 0 Å². The van der Waals surface area contributed by atoms with Crippen LogP contribution in [0.25, 0.3) is 43.9 Å². The van der Waals surface area contributed by atoms with Gasteiger partial charge in [-0.05, 0) is 72.8 Å². The van der Waals surface area contributed by atoms with Gasteiger partial charge in [0, 0.05) is 35.6 Å². The van der Waals surface area contributed by atoms with Crippen molar-refractivity contribution in [3.63, 3.8) is 0 Å². The Bertz CT molecular complexity index is 2560. The first kappa shape index (κ1) is 27.3. The first-order valence-corrected chi connectivity index (χ1v) is 16.9. The number of hydrogen-bond acceptors (Lipinski definition) is 6. The van der Waals surface area contributed by atoms with Crippen molar-refractivity contribution in [1.82, 2.24) is 0 Å². The molecule has 50 heavy (non-hydrogen) atoms. The molecule has 7 aromatic carbocycles. The van der Waals surface area contributed by atoms with Crippen LogP contribution in [0.5, 0.6) is 0 Å². The van der Waals surface area contributed by atoms with Gasteiger partial charge in [-0.3, -0.25) is 0 Å². The molecule has 0 aliphatic carbocycles. The molecule has 0 saturated heterocycles. The number of fused-ring (bicyclic) bond motifs is 10. The average molecular weight is 647 g/mol. The third-order valence-electron chi connectivity index (χ3n) is 10.5.